The van der Waals surface area contributed by atoms with E-state index in [1.165, 1.54) is 0 Å². The topological polar surface area (TPSA) is 86.0 Å². The Morgan fingerprint density at radius 2 is 1.81 bits per heavy atom. The SMILES string of the molecule is CCCOc1nc(N)nc(Nc2cc(F)c(F)cc2F)n1. The van der Waals surface area contributed by atoms with Gasteiger partial charge in [0.1, 0.15) is 5.82 Å². The summed E-state index contributed by atoms with van der Waals surface area (Å²) in [4.78, 5) is 11.3. The second-order valence-electron chi connectivity index (χ2n) is 4.02. The Kier molecular flexibility index (Phi) is 4.41. The van der Waals surface area contributed by atoms with Gasteiger partial charge in [0.05, 0.1) is 12.3 Å². The standard InChI is InChI=1S/C12H12F3N5O/c1-2-3-21-12-19-10(16)18-11(20-12)17-9-5-7(14)6(13)4-8(9)15/h4-5H,2-3H2,1H3,(H3,16,17,18,19,20). The molecule has 1 heterocycles. The molecule has 0 fully saturated rings. The largest absolute Gasteiger partial charge is 0.463 e. The average molecular weight is 299 g/mol. The van der Waals surface area contributed by atoms with Gasteiger partial charge in [-0.15, -0.1) is 0 Å². The maximum Gasteiger partial charge on any atom is 0.323 e. The fourth-order valence-electron chi connectivity index (χ4n) is 1.42. The third-order valence-corrected chi connectivity index (χ3v) is 2.32. The number of hydrogen-bond donors (Lipinski definition) is 2. The lowest BCUT2D eigenvalue weighted by Crippen LogP contribution is -2.08. The zero-order valence-corrected chi connectivity index (χ0v) is 11.0. The molecule has 9 heteroatoms. The first-order chi connectivity index (χ1) is 9.99. The van der Waals surface area contributed by atoms with Gasteiger partial charge in [-0.3, -0.25) is 0 Å². The Morgan fingerprint density at radius 3 is 2.52 bits per heavy atom. The minimum Gasteiger partial charge on any atom is -0.463 e. The fourth-order valence-corrected chi connectivity index (χ4v) is 1.42. The van der Waals surface area contributed by atoms with Crippen molar-refractivity contribution in [1.82, 2.24) is 15.0 Å². The normalized spacial score (nSPS) is 10.5. The van der Waals surface area contributed by atoms with Gasteiger partial charge in [-0.2, -0.15) is 15.0 Å². The van der Waals surface area contributed by atoms with E-state index in [0.717, 1.165) is 6.42 Å². The minimum atomic E-state index is -1.29. The predicted octanol–water partition coefficient (Wildman–Crippen LogP) is 2.40. The van der Waals surface area contributed by atoms with Crippen molar-refractivity contribution >= 4 is 17.6 Å². The predicted molar refractivity (Wildman–Crippen MR) is 69.6 cm³/mol. The number of hydrogen-bond acceptors (Lipinski definition) is 6. The van der Waals surface area contributed by atoms with Gasteiger partial charge in [0.2, 0.25) is 11.9 Å². The molecule has 0 saturated carbocycles. The number of nitrogens with zero attached hydrogens (tertiary/aromatic N) is 3. The van der Waals surface area contributed by atoms with E-state index in [1.54, 1.807) is 0 Å². The molecule has 0 atom stereocenters. The van der Waals surface area contributed by atoms with Crippen LogP contribution in [0.15, 0.2) is 12.1 Å². The third kappa shape index (κ3) is 3.71. The molecule has 112 valence electrons. The van der Waals surface area contributed by atoms with Crippen molar-refractivity contribution in [3.63, 3.8) is 0 Å². The Labute approximate surface area is 118 Å². The molecular weight excluding hydrogens is 287 g/mol. The first-order valence-corrected chi connectivity index (χ1v) is 6.05. The summed E-state index contributed by atoms with van der Waals surface area (Å²) in [7, 11) is 0. The number of nitrogen functional groups attached to an aromatic ring is 1. The zero-order chi connectivity index (χ0) is 15.4. The lowest BCUT2D eigenvalue weighted by Gasteiger charge is -2.08. The van der Waals surface area contributed by atoms with Crippen molar-refractivity contribution in [2.45, 2.75) is 13.3 Å². The van der Waals surface area contributed by atoms with Crippen LogP contribution in [-0.2, 0) is 0 Å². The number of halogens is 3. The van der Waals surface area contributed by atoms with E-state index in [-0.39, 0.29) is 23.6 Å². The lowest BCUT2D eigenvalue weighted by atomic mass is 10.3. The van der Waals surface area contributed by atoms with Crippen LogP contribution < -0.4 is 15.8 Å². The van der Waals surface area contributed by atoms with Gasteiger partial charge >= 0.3 is 6.01 Å². The van der Waals surface area contributed by atoms with Crippen LogP contribution in [0.3, 0.4) is 0 Å². The highest BCUT2D eigenvalue weighted by molar-refractivity contribution is 5.55. The summed E-state index contributed by atoms with van der Waals surface area (Å²) in [6, 6.07) is 1.02. The Bertz CT molecular complexity index is 653. The van der Waals surface area contributed by atoms with Crippen LogP contribution in [0.1, 0.15) is 13.3 Å². The third-order valence-electron chi connectivity index (χ3n) is 2.32. The first-order valence-electron chi connectivity index (χ1n) is 6.05. The zero-order valence-electron chi connectivity index (χ0n) is 11.0. The lowest BCUT2D eigenvalue weighted by molar-refractivity contribution is 0.292. The van der Waals surface area contributed by atoms with E-state index in [0.29, 0.717) is 18.7 Å². The van der Waals surface area contributed by atoms with Crippen molar-refractivity contribution in [3.8, 4) is 6.01 Å². The summed E-state index contributed by atoms with van der Waals surface area (Å²) in [6.07, 6.45) is 0.728. The van der Waals surface area contributed by atoms with E-state index in [2.05, 4.69) is 20.3 Å². The molecule has 0 aliphatic heterocycles. The number of anilines is 3. The summed E-state index contributed by atoms with van der Waals surface area (Å²) < 4.78 is 44.6. The number of aromatic nitrogens is 3. The van der Waals surface area contributed by atoms with E-state index < -0.39 is 17.5 Å². The quantitative estimate of drug-likeness (QED) is 0.825. The van der Waals surface area contributed by atoms with Gasteiger partial charge in [0.15, 0.2) is 11.6 Å². The summed E-state index contributed by atoms with van der Waals surface area (Å²) in [5.74, 6) is -3.78. The van der Waals surface area contributed by atoms with Crippen molar-refractivity contribution in [2.75, 3.05) is 17.7 Å². The molecule has 2 aromatic rings. The van der Waals surface area contributed by atoms with Gasteiger partial charge in [-0.1, -0.05) is 6.92 Å². The Hall–Kier alpha value is -2.58. The highest BCUT2D eigenvalue weighted by atomic mass is 19.2. The molecule has 3 N–H and O–H groups in total. The first kappa shape index (κ1) is 14.8. The molecule has 2 rings (SSSR count). The van der Waals surface area contributed by atoms with Crippen LogP contribution in [0, 0.1) is 17.5 Å². The molecule has 0 aliphatic rings. The van der Waals surface area contributed by atoms with Crippen molar-refractivity contribution in [3.05, 3.63) is 29.6 Å². The van der Waals surface area contributed by atoms with Crippen molar-refractivity contribution < 1.29 is 17.9 Å². The monoisotopic (exact) mass is 299 g/mol. The summed E-state index contributed by atoms with van der Waals surface area (Å²) in [5, 5.41) is 2.39. The number of nitrogens with two attached hydrogens (primary N) is 1. The van der Waals surface area contributed by atoms with Gasteiger partial charge in [-0.05, 0) is 6.42 Å². The van der Waals surface area contributed by atoms with Crippen LogP contribution in [0.5, 0.6) is 6.01 Å². The number of benzene rings is 1. The van der Waals surface area contributed by atoms with Gasteiger partial charge in [0.25, 0.3) is 0 Å². The molecule has 0 unspecified atom stereocenters. The maximum absolute atomic E-state index is 13.5. The minimum absolute atomic E-state index is 0.0464. The molecule has 1 aromatic heterocycles. The van der Waals surface area contributed by atoms with Gasteiger partial charge in [0, 0.05) is 12.1 Å². The fraction of sp³-hybridized carbons (Fsp3) is 0.250. The summed E-state index contributed by atoms with van der Waals surface area (Å²) >= 11 is 0. The smallest absolute Gasteiger partial charge is 0.323 e. The molecule has 0 spiro atoms. The van der Waals surface area contributed by atoms with Crippen LogP contribution in [0.4, 0.5) is 30.8 Å². The van der Waals surface area contributed by atoms with Crippen molar-refractivity contribution in [1.29, 1.82) is 0 Å². The van der Waals surface area contributed by atoms with Gasteiger partial charge in [-0.25, -0.2) is 13.2 Å². The molecule has 1 aromatic carbocycles. The van der Waals surface area contributed by atoms with Crippen LogP contribution >= 0.6 is 0 Å². The summed E-state index contributed by atoms with van der Waals surface area (Å²) in [5.41, 5.74) is 5.13. The van der Waals surface area contributed by atoms with Crippen LogP contribution in [-0.4, -0.2) is 21.6 Å². The van der Waals surface area contributed by atoms with Gasteiger partial charge < -0.3 is 15.8 Å². The highest BCUT2D eigenvalue weighted by Crippen LogP contribution is 2.22. The second kappa shape index (κ2) is 6.25. The molecule has 0 saturated heterocycles. The average Bonchev–Trinajstić information content (AvgIpc) is 2.42. The number of ether oxygens (including phenoxy) is 1. The highest BCUT2D eigenvalue weighted by Gasteiger charge is 2.12. The number of rotatable bonds is 5. The molecular formula is C12H12F3N5O. The maximum atomic E-state index is 13.5. The van der Waals surface area contributed by atoms with E-state index >= 15 is 0 Å². The van der Waals surface area contributed by atoms with Crippen LogP contribution in [0.25, 0.3) is 0 Å². The summed E-state index contributed by atoms with van der Waals surface area (Å²) in [6.45, 7) is 2.25. The van der Waals surface area contributed by atoms with Crippen molar-refractivity contribution in [2.24, 2.45) is 0 Å². The van der Waals surface area contributed by atoms with E-state index in [1.807, 2.05) is 6.92 Å². The molecule has 0 amide bonds. The number of nitrogens with one attached hydrogen (secondary N) is 1. The van der Waals surface area contributed by atoms with E-state index in [9.17, 15) is 13.2 Å². The molecule has 0 bridgehead atoms. The Morgan fingerprint density at radius 1 is 1.10 bits per heavy atom. The van der Waals surface area contributed by atoms with Crippen LogP contribution in [0.2, 0.25) is 0 Å². The Balaban J connectivity index is 2.27. The molecule has 0 aliphatic carbocycles. The molecule has 21 heavy (non-hydrogen) atoms. The molecule has 0 radical (unpaired) electrons. The second-order valence-corrected chi connectivity index (χ2v) is 4.02. The molecule has 6 nitrogen and oxygen atoms in total. The van der Waals surface area contributed by atoms with E-state index in [4.69, 9.17) is 10.5 Å².